The second kappa shape index (κ2) is 8.04. The summed E-state index contributed by atoms with van der Waals surface area (Å²) in [7, 11) is 1.72. The molecular formula is C21H20FN3O3. The van der Waals surface area contributed by atoms with Gasteiger partial charge in [-0.2, -0.15) is 5.10 Å². The minimum Gasteiger partial charge on any atom is -0.489 e. The average Bonchev–Trinajstić information content (AvgIpc) is 2.93. The number of nitrogens with zero attached hydrogens (tertiary/aromatic N) is 2. The highest BCUT2D eigenvalue weighted by Gasteiger charge is 2.24. The molecule has 0 atom stereocenters. The molecule has 1 N–H and O–H groups in total. The molecule has 1 amide bonds. The molecule has 0 radical (unpaired) electrons. The normalized spacial score (nSPS) is 10.6. The summed E-state index contributed by atoms with van der Waals surface area (Å²) in [6.07, 6.45) is 0. The molecule has 28 heavy (non-hydrogen) atoms. The standard InChI is InChI=1S/C21H20FN3O3/c1-13-19(14(2)25(3)24-13)20(26)21(27)23-17-5-4-6-18(11-17)28-12-15-7-9-16(22)10-8-15/h4-11H,12H2,1-3H3,(H,23,27). The molecule has 3 aromatic rings. The van der Waals surface area contributed by atoms with Crippen LogP contribution >= 0.6 is 0 Å². The lowest BCUT2D eigenvalue weighted by molar-refractivity contribution is -0.112. The van der Waals surface area contributed by atoms with Crippen molar-refractivity contribution in [1.29, 1.82) is 0 Å². The van der Waals surface area contributed by atoms with Gasteiger partial charge in [-0.05, 0) is 43.7 Å². The van der Waals surface area contributed by atoms with E-state index in [0.29, 0.717) is 28.4 Å². The van der Waals surface area contributed by atoms with Gasteiger partial charge < -0.3 is 10.1 Å². The number of ketones is 1. The predicted octanol–water partition coefficient (Wildman–Crippen LogP) is 3.58. The maximum Gasteiger partial charge on any atom is 0.296 e. The number of amides is 1. The van der Waals surface area contributed by atoms with Crippen molar-refractivity contribution in [2.45, 2.75) is 20.5 Å². The number of hydrogen-bond donors (Lipinski definition) is 1. The summed E-state index contributed by atoms with van der Waals surface area (Å²) in [4.78, 5) is 24.9. The Hall–Kier alpha value is -3.48. The highest BCUT2D eigenvalue weighted by molar-refractivity contribution is 6.47. The van der Waals surface area contributed by atoms with Gasteiger partial charge in [0.1, 0.15) is 18.2 Å². The van der Waals surface area contributed by atoms with Crippen molar-refractivity contribution in [1.82, 2.24) is 9.78 Å². The highest BCUT2D eigenvalue weighted by Crippen LogP contribution is 2.20. The number of carbonyl (C=O) groups is 2. The van der Waals surface area contributed by atoms with Crippen molar-refractivity contribution in [2.75, 3.05) is 5.32 Å². The number of Topliss-reactive ketones (excluding diaryl/α,β-unsaturated/α-hetero) is 1. The Morgan fingerprint density at radius 2 is 1.86 bits per heavy atom. The van der Waals surface area contributed by atoms with Gasteiger partial charge in [-0.15, -0.1) is 0 Å². The van der Waals surface area contributed by atoms with E-state index in [1.54, 1.807) is 62.0 Å². The number of halogens is 1. The predicted molar refractivity (Wildman–Crippen MR) is 103 cm³/mol. The molecule has 0 aliphatic heterocycles. The zero-order valence-electron chi connectivity index (χ0n) is 15.8. The Bertz CT molecular complexity index is 1030. The maximum absolute atomic E-state index is 12.9. The van der Waals surface area contributed by atoms with Crippen LogP contribution in [-0.4, -0.2) is 21.5 Å². The van der Waals surface area contributed by atoms with E-state index >= 15 is 0 Å². The molecule has 1 heterocycles. The number of carbonyl (C=O) groups excluding carboxylic acids is 2. The minimum atomic E-state index is -0.741. The summed E-state index contributed by atoms with van der Waals surface area (Å²) >= 11 is 0. The lowest BCUT2D eigenvalue weighted by atomic mass is 10.1. The molecule has 0 saturated heterocycles. The molecule has 3 rings (SSSR count). The van der Waals surface area contributed by atoms with Crippen molar-refractivity contribution in [3.8, 4) is 5.75 Å². The van der Waals surface area contributed by atoms with Crippen molar-refractivity contribution in [3.05, 3.63) is 76.9 Å². The fourth-order valence-corrected chi connectivity index (χ4v) is 2.81. The second-order valence-electron chi connectivity index (χ2n) is 6.40. The summed E-state index contributed by atoms with van der Waals surface area (Å²) < 4.78 is 20.2. The van der Waals surface area contributed by atoms with Crippen LogP contribution in [0.3, 0.4) is 0 Å². The Morgan fingerprint density at radius 3 is 2.50 bits per heavy atom. The summed E-state index contributed by atoms with van der Waals surface area (Å²) in [5.41, 5.74) is 2.71. The van der Waals surface area contributed by atoms with Crippen LogP contribution in [0.2, 0.25) is 0 Å². The number of nitrogens with one attached hydrogen (secondary N) is 1. The Morgan fingerprint density at radius 1 is 1.14 bits per heavy atom. The van der Waals surface area contributed by atoms with Gasteiger partial charge >= 0.3 is 0 Å². The molecular weight excluding hydrogens is 361 g/mol. The first-order valence-electron chi connectivity index (χ1n) is 8.68. The molecule has 0 bridgehead atoms. The number of hydrogen-bond acceptors (Lipinski definition) is 4. The van der Waals surface area contributed by atoms with E-state index in [2.05, 4.69) is 10.4 Å². The third kappa shape index (κ3) is 4.25. The van der Waals surface area contributed by atoms with Gasteiger partial charge in [0.25, 0.3) is 11.7 Å². The zero-order valence-corrected chi connectivity index (χ0v) is 15.8. The Balaban J connectivity index is 1.67. The SMILES string of the molecule is Cc1nn(C)c(C)c1C(=O)C(=O)Nc1cccc(OCc2ccc(F)cc2)c1. The molecule has 0 unspecified atom stereocenters. The molecule has 7 heteroatoms. The Labute approximate surface area is 161 Å². The zero-order chi connectivity index (χ0) is 20.3. The maximum atomic E-state index is 12.9. The summed E-state index contributed by atoms with van der Waals surface area (Å²) in [5.74, 6) is -1.17. The van der Waals surface area contributed by atoms with Crippen LogP contribution in [0.5, 0.6) is 5.75 Å². The first-order valence-corrected chi connectivity index (χ1v) is 8.68. The molecule has 0 aliphatic rings. The third-order valence-corrected chi connectivity index (χ3v) is 4.35. The van der Waals surface area contributed by atoms with Gasteiger partial charge in [-0.3, -0.25) is 14.3 Å². The first kappa shape index (κ1) is 19.3. The number of ether oxygens (including phenoxy) is 1. The van der Waals surface area contributed by atoms with Crippen LogP contribution in [0, 0.1) is 19.7 Å². The topological polar surface area (TPSA) is 73.2 Å². The van der Waals surface area contributed by atoms with Gasteiger partial charge in [-0.1, -0.05) is 18.2 Å². The van der Waals surface area contributed by atoms with E-state index in [-0.39, 0.29) is 12.4 Å². The van der Waals surface area contributed by atoms with Crippen LogP contribution in [0.1, 0.15) is 27.3 Å². The molecule has 0 spiro atoms. The van der Waals surface area contributed by atoms with Crippen molar-refractivity contribution < 1.29 is 18.7 Å². The third-order valence-electron chi connectivity index (χ3n) is 4.35. The molecule has 0 aliphatic carbocycles. The molecule has 0 saturated carbocycles. The minimum absolute atomic E-state index is 0.255. The molecule has 6 nitrogen and oxygen atoms in total. The van der Waals surface area contributed by atoms with E-state index < -0.39 is 11.7 Å². The quantitative estimate of drug-likeness (QED) is 0.523. The lowest BCUT2D eigenvalue weighted by Gasteiger charge is -2.09. The monoisotopic (exact) mass is 381 g/mol. The average molecular weight is 381 g/mol. The van der Waals surface area contributed by atoms with Crippen LogP contribution in [-0.2, 0) is 18.4 Å². The number of aromatic nitrogens is 2. The molecule has 2 aromatic carbocycles. The van der Waals surface area contributed by atoms with E-state index in [4.69, 9.17) is 4.74 Å². The van der Waals surface area contributed by atoms with Crippen LogP contribution < -0.4 is 10.1 Å². The molecule has 144 valence electrons. The number of benzene rings is 2. The number of rotatable bonds is 6. The van der Waals surface area contributed by atoms with E-state index in [1.165, 1.54) is 12.1 Å². The fourth-order valence-electron chi connectivity index (χ4n) is 2.81. The fraction of sp³-hybridized carbons (Fsp3) is 0.190. The molecule has 0 fully saturated rings. The van der Waals surface area contributed by atoms with E-state index in [0.717, 1.165) is 5.56 Å². The van der Waals surface area contributed by atoms with E-state index in [9.17, 15) is 14.0 Å². The van der Waals surface area contributed by atoms with E-state index in [1.807, 2.05) is 0 Å². The summed E-state index contributed by atoms with van der Waals surface area (Å²) in [6, 6.07) is 12.7. The van der Waals surface area contributed by atoms with Gasteiger partial charge in [0.05, 0.1) is 11.3 Å². The van der Waals surface area contributed by atoms with Crippen LogP contribution in [0.25, 0.3) is 0 Å². The van der Waals surface area contributed by atoms with Crippen LogP contribution in [0.4, 0.5) is 10.1 Å². The summed E-state index contributed by atoms with van der Waals surface area (Å²) in [5, 5.41) is 6.76. The van der Waals surface area contributed by atoms with Gasteiger partial charge in [-0.25, -0.2) is 4.39 Å². The Kier molecular flexibility index (Phi) is 5.54. The van der Waals surface area contributed by atoms with Crippen molar-refractivity contribution >= 4 is 17.4 Å². The molecule has 1 aromatic heterocycles. The number of aryl methyl sites for hydroxylation is 2. The van der Waals surface area contributed by atoms with Gasteiger partial charge in [0.15, 0.2) is 0 Å². The summed E-state index contributed by atoms with van der Waals surface area (Å²) in [6.45, 7) is 3.69. The number of anilines is 1. The first-order chi connectivity index (χ1) is 13.3. The van der Waals surface area contributed by atoms with Gasteiger partial charge in [0, 0.05) is 24.5 Å². The lowest BCUT2D eigenvalue weighted by Crippen LogP contribution is -2.24. The van der Waals surface area contributed by atoms with Crippen LogP contribution in [0.15, 0.2) is 48.5 Å². The smallest absolute Gasteiger partial charge is 0.296 e. The van der Waals surface area contributed by atoms with Crippen molar-refractivity contribution in [2.24, 2.45) is 7.05 Å². The largest absolute Gasteiger partial charge is 0.489 e. The second-order valence-corrected chi connectivity index (χ2v) is 6.40. The van der Waals surface area contributed by atoms with Gasteiger partial charge in [0.2, 0.25) is 0 Å². The van der Waals surface area contributed by atoms with Crippen molar-refractivity contribution in [3.63, 3.8) is 0 Å². The highest BCUT2D eigenvalue weighted by atomic mass is 19.1.